The van der Waals surface area contributed by atoms with E-state index in [2.05, 4.69) is 6.58 Å². The second kappa shape index (κ2) is 9.75. The summed E-state index contributed by atoms with van der Waals surface area (Å²) in [6.45, 7) is 3.41. The van der Waals surface area contributed by atoms with Crippen LogP contribution in [0, 0.1) is 5.92 Å². The van der Waals surface area contributed by atoms with Crippen LogP contribution in [0.25, 0.3) is 0 Å². The first-order valence-electron chi connectivity index (χ1n) is 5.91. The summed E-state index contributed by atoms with van der Waals surface area (Å²) in [5.74, 6) is -1.28. The molecule has 0 spiro atoms. The average Bonchev–Trinajstić information content (AvgIpc) is 2.31. The maximum atomic E-state index is 10.7. The highest BCUT2D eigenvalue weighted by Gasteiger charge is 2.12. The van der Waals surface area contributed by atoms with Gasteiger partial charge in [0.25, 0.3) is 0 Å². The molecule has 0 bridgehead atoms. The van der Waals surface area contributed by atoms with Crippen molar-refractivity contribution in [2.24, 2.45) is 5.92 Å². The van der Waals surface area contributed by atoms with Gasteiger partial charge in [-0.05, 0) is 19.3 Å². The van der Waals surface area contributed by atoms with Crippen molar-refractivity contribution in [1.82, 2.24) is 0 Å². The summed E-state index contributed by atoms with van der Waals surface area (Å²) in [7, 11) is 0. The van der Waals surface area contributed by atoms with Gasteiger partial charge >= 0.3 is 5.97 Å². The SMILES string of the molecule is C=C(CC(C=O)CCCCCCC=O)C(=O)O. The number of aldehydes is 2. The van der Waals surface area contributed by atoms with Gasteiger partial charge in [0.2, 0.25) is 0 Å². The number of carbonyl (C=O) groups is 3. The summed E-state index contributed by atoms with van der Waals surface area (Å²) >= 11 is 0. The zero-order valence-electron chi connectivity index (χ0n) is 10.1. The molecule has 0 amide bonds. The molecule has 0 aliphatic heterocycles. The van der Waals surface area contributed by atoms with E-state index in [0.717, 1.165) is 38.3 Å². The predicted molar refractivity (Wildman–Crippen MR) is 64.7 cm³/mol. The summed E-state index contributed by atoms with van der Waals surface area (Å²) in [5, 5.41) is 8.65. The Kier molecular flexibility index (Phi) is 8.92. The molecule has 1 N–H and O–H groups in total. The van der Waals surface area contributed by atoms with Crippen LogP contribution in [-0.2, 0) is 14.4 Å². The summed E-state index contributed by atoms with van der Waals surface area (Å²) in [6.07, 6.45) is 6.94. The van der Waals surface area contributed by atoms with Gasteiger partial charge in [-0.3, -0.25) is 0 Å². The molecule has 0 rings (SSSR count). The normalized spacial score (nSPS) is 11.8. The monoisotopic (exact) mass is 240 g/mol. The predicted octanol–water partition coefficient (Wildman–Crippen LogP) is 2.37. The number of unbranched alkanes of at least 4 members (excludes halogenated alkanes) is 4. The third-order valence-corrected chi connectivity index (χ3v) is 2.65. The Labute approximate surface area is 102 Å². The number of hydrogen-bond acceptors (Lipinski definition) is 3. The highest BCUT2D eigenvalue weighted by Crippen LogP contribution is 2.16. The molecule has 0 aliphatic rings. The standard InChI is InChI=1S/C13H20O4/c1-11(13(16)17)9-12(10-15)7-5-3-2-4-6-8-14/h8,10,12H,1-7,9H2,(H,16,17). The minimum absolute atomic E-state index is 0.0862. The molecule has 0 aliphatic carbocycles. The van der Waals surface area contributed by atoms with Crippen molar-refractivity contribution < 1.29 is 19.5 Å². The molecule has 0 aromatic rings. The lowest BCUT2D eigenvalue weighted by Gasteiger charge is -2.09. The summed E-state index contributed by atoms with van der Waals surface area (Å²) in [5.41, 5.74) is 0.0862. The van der Waals surface area contributed by atoms with Crippen molar-refractivity contribution in [2.75, 3.05) is 0 Å². The molecule has 1 unspecified atom stereocenters. The Morgan fingerprint density at radius 1 is 1.18 bits per heavy atom. The Bertz CT molecular complexity index is 271. The van der Waals surface area contributed by atoms with Gasteiger partial charge in [-0.25, -0.2) is 4.79 Å². The number of hydrogen-bond donors (Lipinski definition) is 1. The highest BCUT2D eigenvalue weighted by molar-refractivity contribution is 5.86. The lowest BCUT2D eigenvalue weighted by molar-refractivity contribution is -0.132. The zero-order valence-corrected chi connectivity index (χ0v) is 10.1. The van der Waals surface area contributed by atoms with Crippen molar-refractivity contribution in [2.45, 2.75) is 44.9 Å². The van der Waals surface area contributed by atoms with Gasteiger partial charge in [0, 0.05) is 17.9 Å². The molecule has 4 heteroatoms. The van der Waals surface area contributed by atoms with Crippen LogP contribution in [0.2, 0.25) is 0 Å². The third kappa shape index (κ3) is 8.37. The maximum absolute atomic E-state index is 10.7. The first-order chi connectivity index (χ1) is 8.11. The molecule has 17 heavy (non-hydrogen) atoms. The summed E-state index contributed by atoms with van der Waals surface area (Å²) < 4.78 is 0. The maximum Gasteiger partial charge on any atom is 0.330 e. The average molecular weight is 240 g/mol. The Balaban J connectivity index is 3.68. The molecule has 0 fully saturated rings. The van der Waals surface area contributed by atoms with Crippen LogP contribution in [0.1, 0.15) is 44.9 Å². The molecule has 0 heterocycles. The van der Waals surface area contributed by atoms with Gasteiger partial charge in [0.15, 0.2) is 0 Å². The van der Waals surface area contributed by atoms with Crippen molar-refractivity contribution in [1.29, 1.82) is 0 Å². The fraction of sp³-hybridized carbons (Fsp3) is 0.615. The van der Waals surface area contributed by atoms with E-state index in [0.29, 0.717) is 12.8 Å². The number of aliphatic carboxylic acids is 1. The van der Waals surface area contributed by atoms with Crippen LogP contribution in [0.15, 0.2) is 12.2 Å². The first-order valence-corrected chi connectivity index (χ1v) is 5.91. The van der Waals surface area contributed by atoms with Crippen LogP contribution in [0.3, 0.4) is 0 Å². The molecular formula is C13H20O4. The van der Waals surface area contributed by atoms with E-state index in [4.69, 9.17) is 5.11 Å². The largest absolute Gasteiger partial charge is 0.478 e. The van der Waals surface area contributed by atoms with Crippen LogP contribution >= 0.6 is 0 Å². The van der Waals surface area contributed by atoms with Gasteiger partial charge in [-0.2, -0.15) is 0 Å². The van der Waals surface area contributed by atoms with E-state index in [1.54, 1.807) is 0 Å². The Morgan fingerprint density at radius 3 is 2.35 bits per heavy atom. The smallest absolute Gasteiger partial charge is 0.330 e. The molecule has 0 aromatic heterocycles. The van der Waals surface area contributed by atoms with E-state index >= 15 is 0 Å². The van der Waals surface area contributed by atoms with Crippen molar-refractivity contribution in [3.8, 4) is 0 Å². The van der Waals surface area contributed by atoms with Crippen molar-refractivity contribution >= 4 is 18.5 Å². The highest BCUT2D eigenvalue weighted by atomic mass is 16.4. The molecule has 0 aromatic carbocycles. The van der Waals surface area contributed by atoms with Crippen LogP contribution in [-0.4, -0.2) is 23.6 Å². The molecule has 0 saturated carbocycles. The van der Waals surface area contributed by atoms with Crippen LogP contribution < -0.4 is 0 Å². The van der Waals surface area contributed by atoms with E-state index in [1.807, 2.05) is 0 Å². The van der Waals surface area contributed by atoms with E-state index < -0.39 is 5.97 Å². The lowest BCUT2D eigenvalue weighted by atomic mass is 9.95. The van der Waals surface area contributed by atoms with Crippen LogP contribution in [0.5, 0.6) is 0 Å². The second-order valence-corrected chi connectivity index (χ2v) is 4.17. The van der Waals surface area contributed by atoms with Crippen molar-refractivity contribution in [3.05, 3.63) is 12.2 Å². The van der Waals surface area contributed by atoms with Gasteiger partial charge in [0.05, 0.1) is 0 Å². The molecule has 4 nitrogen and oxygen atoms in total. The first kappa shape index (κ1) is 15.6. The van der Waals surface area contributed by atoms with E-state index in [1.165, 1.54) is 0 Å². The second-order valence-electron chi connectivity index (χ2n) is 4.17. The molecule has 0 radical (unpaired) electrons. The van der Waals surface area contributed by atoms with E-state index in [9.17, 15) is 14.4 Å². The fourth-order valence-corrected chi connectivity index (χ4v) is 1.61. The van der Waals surface area contributed by atoms with Crippen LogP contribution in [0.4, 0.5) is 0 Å². The Hall–Kier alpha value is -1.45. The third-order valence-electron chi connectivity index (χ3n) is 2.65. The molecule has 1 atom stereocenters. The quantitative estimate of drug-likeness (QED) is 0.342. The fourth-order valence-electron chi connectivity index (χ4n) is 1.61. The summed E-state index contributed by atoms with van der Waals surface area (Å²) in [6, 6.07) is 0. The topological polar surface area (TPSA) is 71.4 Å². The minimum atomic E-state index is -1.04. The Morgan fingerprint density at radius 2 is 1.82 bits per heavy atom. The number of carboxylic acids is 1. The van der Waals surface area contributed by atoms with Gasteiger partial charge in [-0.1, -0.05) is 25.8 Å². The van der Waals surface area contributed by atoms with Crippen molar-refractivity contribution in [3.63, 3.8) is 0 Å². The minimum Gasteiger partial charge on any atom is -0.478 e. The van der Waals surface area contributed by atoms with E-state index in [-0.39, 0.29) is 17.9 Å². The van der Waals surface area contributed by atoms with Gasteiger partial charge in [0.1, 0.15) is 12.6 Å². The zero-order chi connectivity index (χ0) is 13.1. The van der Waals surface area contributed by atoms with Gasteiger partial charge in [-0.15, -0.1) is 0 Å². The van der Waals surface area contributed by atoms with Gasteiger partial charge < -0.3 is 14.7 Å². The summed E-state index contributed by atoms with van der Waals surface area (Å²) in [4.78, 5) is 31.4. The lowest BCUT2D eigenvalue weighted by Crippen LogP contribution is -2.08. The molecule has 96 valence electrons. The molecular weight excluding hydrogens is 220 g/mol. The number of carboxylic acid groups (broad SMARTS) is 1. The molecule has 0 saturated heterocycles. The number of carbonyl (C=O) groups excluding carboxylic acids is 2. The number of rotatable bonds is 11.